The predicted octanol–water partition coefficient (Wildman–Crippen LogP) is 2.98. The molecule has 0 radical (unpaired) electrons. The molecule has 0 bridgehead atoms. The van der Waals surface area contributed by atoms with Gasteiger partial charge in [-0.1, -0.05) is 31.2 Å². The second-order valence-corrected chi connectivity index (χ2v) is 4.58. The van der Waals surface area contributed by atoms with Gasteiger partial charge in [0.1, 0.15) is 5.82 Å². The zero-order valence-corrected chi connectivity index (χ0v) is 11.1. The van der Waals surface area contributed by atoms with Crippen LogP contribution in [0.4, 0.5) is 4.39 Å². The highest BCUT2D eigenvalue weighted by Gasteiger charge is 2.12. The molecule has 19 heavy (non-hydrogen) atoms. The number of hydrogen-bond acceptors (Lipinski definition) is 2. The van der Waals surface area contributed by atoms with Crippen molar-refractivity contribution in [1.82, 2.24) is 10.3 Å². The lowest BCUT2D eigenvalue weighted by Gasteiger charge is -2.18. The highest BCUT2D eigenvalue weighted by molar-refractivity contribution is 5.19. The lowest BCUT2D eigenvalue weighted by atomic mass is 10.0. The van der Waals surface area contributed by atoms with Crippen LogP contribution in [0.1, 0.15) is 18.2 Å². The van der Waals surface area contributed by atoms with Crippen LogP contribution in [0.3, 0.4) is 0 Å². The molecule has 0 saturated heterocycles. The van der Waals surface area contributed by atoms with Crippen molar-refractivity contribution in [1.29, 1.82) is 0 Å². The van der Waals surface area contributed by atoms with E-state index >= 15 is 0 Å². The van der Waals surface area contributed by atoms with Crippen LogP contribution in [-0.4, -0.2) is 17.6 Å². The summed E-state index contributed by atoms with van der Waals surface area (Å²) in [6, 6.07) is 13.1. The molecular formula is C16H19FN2. The Morgan fingerprint density at radius 2 is 1.89 bits per heavy atom. The van der Waals surface area contributed by atoms with Crippen LogP contribution in [0.5, 0.6) is 0 Å². The fourth-order valence-electron chi connectivity index (χ4n) is 2.21. The van der Waals surface area contributed by atoms with Gasteiger partial charge >= 0.3 is 0 Å². The maximum atomic E-state index is 13.7. The zero-order valence-electron chi connectivity index (χ0n) is 11.1. The molecule has 0 aliphatic rings. The van der Waals surface area contributed by atoms with E-state index in [1.807, 2.05) is 30.3 Å². The molecule has 0 spiro atoms. The standard InChI is InChI=1S/C16H19FN2/c1-2-18-15(12-14-8-5-6-10-19-14)11-13-7-3-4-9-16(13)17/h3-10,15,18H,2,11-12H2,1H3. The van der Waals surface area contributed by atoms with Gasteiger partial charge in [0.25, 0.3) is 0 Å². The molecular weight excluding hydrogens is 239 g/mol. The third-order valence-corrected chi connectivity index (χ3v) is 3.10. The minimum atomic E-state index is -0.133. The molecule has 2 aromatic rings. The molecule has 0 saturated carbocycles. The molecule has 1 aromatic carbocycles. The van der Waals surface area contributed by atoms with Crippen molar-refractivity contribution >= 4 is 0 Å². The Balaban J connectivity index is 2.06. The van der Waals surface area contributed by atoms with Crippen molar-refractivity contribution in [3.05, 3.63) is 65.7 Å². The number of hydrogen-bond donors (Lipinski definition) is 1. The number of nitrogens with one attached hydrogen (secondary N) is 1. The lowest BCUT2D eigenvalue weighted by Crippen LogP contribution is -2.33. The van der Waals surface area contributed by atoms with Gasteiger partial charge in [0.15, 0.2) is 0 Å². The van der Waals surface area contributed by atoms with Crippen LogP contribution >= 0.6 is 0 Å². The quantitative estimate of drug-likeness (QED) is 0.861. The summed E-state index contributed by atoms with van der Waals surface area (Å²) >= 11 is 0. The molecule has 1 heterocycles. The number of aromatic nitrogens is 1. The first-order valence-electron chi connectivity index (χ1n) is 6.66. The van der Waals surface area contributed by atoms with Crippen molar-refractivity contribution in [3.8, 4) is 0 Å². The van der Waals surface area contributed by atoms with E-state index < -0.39 is 0 Å². The molecule has 0 amide bonds. The highest BCUT2D eigenvalue weighted by atomic mass is 19.1. The molecule has 0 aliphatic heterocycles. The van der Waals surface area contributed by atoms with Gasteiger partial charge in [0, 0.05) is 24.4 Å². The summed E-state index contributed by atoms with van der Waals surface area (Å²) in [6.07, 6.45) is 3.28. The minimum Gasteiger partial charge on any atom is -0.314 e. The average molecular weight is 258 g/mol. The molecule has 2 rings (SSSR count). The first-order valence-corrected chi connectivity index (χ1v) is 6.66. The number of halogens is 1. The summed E-state index contributed by atoms with van der Waals surface area (Å²) in [5.74, 6) is -0.133. The highest BCUT2D eigenvalue weighted by Crippen LogP contribution is 2.11. The van der Waals surface area contributed by atoms with E-state index in [1.165, 1.54) is 6.07 Å². The molecule has 1 unspecified atom stereocenters. The Hall–Kier alpha value is -1.74. The van der Waals surface area contributed by atoms with Crippen molar-refractivity contribution < 1.29 is 4.39 Å². The van der Waals surface area contributed by atoms with Gasteiger partial charge < -0.3 is 5.32 Å². The third kappa shape index (κ3) is 4.14. The Bertz CT molecular complexity index is 499. The van der Waals surface area contributed by atoms with Crippen LogP contribution in [0, 0.1) is 5.82 Å². The van der Waals surface area contributed by atoms with E-state index in [-0.39, 0.29) is 11.9 Å². The van der Waals surface area contributed by atoms with Crippen LogP contribution in [0.15, 0.2) is 48.7 Å². The number of likely N-dealkylation sites (N-methyl/N-ethyl adjacent to an activating group) is 1. The number of pyridine rings is 1. The molecule has 0 aliphatic carbocycles. The summed E-state index contributed by atoms with van der Waals surface area (Å²) in [4.78, 5) is 4.33. The number of benzene rings is 1. The SMILES string of the molecule is CCNC(Cc1ccccn1)Cc1ccccc1F. The van der Waals surface area contributed by atoms with Gasteiger partial charge in [0.05, 0.1) is 0 Å². The van der Waals surface area contributed by atoms with E-state index in [1.54, 1.807) is 12.3 Å². The summed E-state index contributed by atoms with van der Waals surface area (Å²) in [6.45, 7) is 2.93. The third-order valence-electron chi connectivity index (χ3n) is 3.10. The van der Waals surface area contributed by atoms with Gasteiger partial charge in [-0.05, 0) is 36.7 Å². The number of nitrogens with zero attached hydrogens (tertiary/aromatic N) is 1. The molecule has 1 atom stereocenters. The fourth-order valence-corrected chi connectivity index (χ4v) is 2.21. The summed E-state index contributed by atoms with van der Waals surface area (Å²) in [5, 5.41) is 3.40. The van der Waals surface area contributed by atoms with Crippen molar-refractivity contribution in [2.45, 2.75) is 25.8 Å². The minimum absolute atomic E-state index is 0.133. The second kappa shape index (κ2) is 7.00. The summed E-state index contributed by atoms with van der Waals surface area (Å²) in [7, 11) is 0. The normalized spacial score (nSPS) is 12.3. The van der Waals surface area contributed by atoms with Crippen LogP contribution < -0.4 is 5.32 Å². The molecule has 100 valence electrons. The van der Waals surface area contributed by atoms with E-state index in [2.05, 4.69) is 17.2 Å². The summed E-state index contributed by atoms with van der Waals surface area (Å²) in [5.41, 5.74) is 1.79. The van der Waals surface area contributed by atoms with E-state index in [9.17, 15) is 4.39 Å². The second-order valence-electron chi connectivity index (χ2n) is 4.58. The van der Waals surface area contributed by atoms with Gasteiger partial charge in [-0.25, -0.2) is 4.39 Å². The fraction of sp³-hybridized carbons (Fsp3) is 0.312. The summed E-state index contributed by atoms with van der Waals surface area (Å²) < 4.78 is 13.7. The van der Waals surface area contributed by atoms with Crippen molar-refractivity contribution in [2.24, 2.45) is 0 Å². The monoisotopic (exact) mass is 258 g/mol. The number of rotatable bonds is 6. The topological polar surface area (TPSA) is 24.9 Å². The zero-order chi connectivity index (χ0) is 13.5. The predicted molar refractivity (Wildman–Crippen MR) is 75.5 cm³/mol. The molecule has 3 heteroatoms. The van der Waals surface area contributed by atoms with Crippen molar-refractivity contribution in [3.63, 3.8) is 0 Å². The van der Waals surface area contributed by atoms with Crippen LogP contribution in [0.25, 0.3) is 0 Å². The Morgan fingerprint density at radius 3 is 2.58 bits per heavy atom. The first-order chi connectivity index (χ1) is 9.29. The molecule has 1 aromatic heterocycles. The van der Waals surface area contributed by atoms with Crippen LogP contribution in [0.2, 0.25) is 0 Å². The average Bonchev–Trinajstić information content (AvgIpc) is 2.43. The Kier molecular flexibility index (Phi) is 5.04. The Labute approximate surface area is 113 Å². The first kappa shape index (κ1) is 13.7. The molecule has 0 fully saturated rings. The van der Waals surface area contributed by atoms with Gasteiger partial charge in [-0.3, -0.25) is 4.98 Å². The lowest BCUT2D eigenvalue weighted by molar-refractivity contribution is 0.502. The van der Waals surface area contributed by atoms with Gasteiger partial charge in [0.2, 0.25) is 0 Å². The van der Waals surface area contributed by atoms with Crippen molar-refractivity contribution in [2.75, 3.05) is 6.54 Å². The maximum Gasteiger partial charge on any atom is 0.126 e. The largest absolute Gasteiger partial charge is 0.314 e. The molecule has 2 nitrogen and oxygen atoms in total. The maximum absolute atomic E-state index is 13.7. The van der Waals surface area contributed by atoms with Gasteiger partial charge in [-0.2, -0.15) is 0 Å². The van der Waals surface area contributed by atoms with E-state index in [0.717, 1.165) is 24.2 Å². The van der Waals surface area contributed by atoms with Gasteiger partial charge in [-0.15, -0.1) is 0 Å². The van der Waals surface area contributed by atoms with Crippen LogP contribution in [-0.2, 0) is 12.8 Å². The van der Waals surface area contributed by atoms with E-state index in [0.29, 0.717) is 6.42 Å². The molecule has 1 N–H and O–H groups in total. The smallest absolute Gasteiger partial charge is 0.126 e. The Morgan fingerprint density at radius 1 is 1.11 bits per heavy atom. The van der Waals surface area contributed by atoms with E-state index in [4.69, 9.17) is 0 Å².